The summed E-state index contributed by atoms with van der Waals surface area (Å²) < 4.78 is 11.1. The van der Waals surface area contributed by atoms with Gasteiger partial charge in [0.2, 0.25) is 0 Å². The van der Waals surface area contributed by atoms with Crippen molar-refractivity contribution in [3.8, 4) is 5.75 Å². The molecule has 2 rings (SSSR count). The van der Waals surface area contributed by atoms with Crippen LogP contribution in [0.15, 0.2) is 54.6 Å². The fourth-order valence-corrected chi connectivity index (χ4v) is 2.22. The van der Waals surface area contributed by atoms with Crippen LogP contribution >= 0.6 is 0 Å². The minimum absolute atomic E-state index is 0.391. The highest BCUT2D eigenvalue weighted by Gasteiger charge is 2.22. The van der Waals surface area contributed by atoms with Crippen LogP contribution in [-0.2, 0) is 22.6 Å². The normalized spacial score (nSPS) is 12.5. The van der Waals surface area contributed by atoms with E-state index in [1.807, 2.05) is 75.4 Å². The molecule has 4 nitrogen and oxygen atoms in total. The molecule has 0 aromatic heterocycles. The number of hydrogen-bond donors (Lipinski definition) is 1. The van der Waals surface area contributed by atoms with E-state index in [1.165, 1.54) is 0 Å². The second-order valence-corrected chi connectivity index (χ2v) is 6.77. The predicted octanol–water partition coefficient (Wildman–Crippen LogP) is 3.48. The molecule has 0 bridgehead atoms. The monoisotopic (exact) mass is 327 g/mol. The lowest BCUT2D eigenvalue weighted by Crippen LogP contribution is -2.38. The van der Waals surface area contributed by atoms with Crippen molar-refractivity contribution in [2.24, 2.45) is 5.73 Å². The van der Waals surface area contributed by atoms with Crippen molar-refractivity contribution in [1.82, 2.24) is 0 Å². The zero-order chi connectivity index (χ0) is 17.6. The third-order valence-electron chi connectivity index (χ3n) is 3.31. The van der Waals surface area contributed by atoms with Crippen molar-refractivity contribution < 1.29 is 14.3 Å². The van der Waals surface area contributed by atoms with Gasteiger partial charge in [0.25, 0.3) is 0 Å². The number of rotatable bonds is 6. The molecule has 1 atom stereocenters. The fourth-order valence-electron chi connectivity index (χ4n) is 2.22. The average molecular weight is 327 g/mol. The van der Waals surface area contributed by atoms with Gasteiger partial charge in [0, 0.05) is 0 Å². The molecule has 0 aliphatic carbocycles. The molecule has 128 valence electrons. The molecular weight excluding hydrogens is 302 g/mol. The van der Waals surface area contributed by atoms with Gasteiger partial charge >= 0.3 is 5.97 Å². The maximum absolute atomic E-state index is 12.0. The maximum Gasteiger partial charge on any atom is 0.323 e. The van der Waals surface area contributed by atoms with E-state index in [1.54, 1.807) is 0 Å². The Bertz CT molecular complexity index is 662. The van der Waals surface area contributed by atoms with Crippen LogP contribution in [0.3, 0.4) is 0 Å². The second kappa shape index (κ2) is 7.97. The summed E-state index contributed by atoms with van der Waals surface area (Å²) in [7, 11) is 0. The molecule has 2 aromatic carbocycles. The molecule has 0 aliphatic heterocycles. The number of ether oxygens (including phenoxy) is 2. The Balaban J connectivity index is 1.93. The van der Waals surface area contributed by atoms with Crippen LogP contribution in [0.25, 0.3) is 0 Å². The molecule has 0 aliphatic rings. The quantitative estimate of drug-likeness (QED) is 0.825. The first-order valence-corrected chi connectivity index (χ1v) is 8.07. The predicted molar refractivity (Wildman–Crippen MR) is 94.7 cm³/mol. The van der Waals surface area contributed by atoms with E-state index in [4.69, 9.17) is 15.2 Å². The van der Waals surface area contributed by atoms with E-state index < -0.39 is 17.6 Å². The third kappa shape index (κ3) is 6.05. The summed E-state index contributed by atoms with van der Waals surface area (Å²) in [4.78, 5) is 12.0. The first-order chi connectivity index (χ1) is 11.3. The summed E-state index contributed by atoms with van der Waals surface area (Å²) in [6.45, 7) is 5.99. The molecule has 1 unspecified atom stereocenters. The molecule has 0 saturated carbocycles. The molecule has 0 spiro atoms. The van der Waals surface area contributed by atoms with Gasteiger partial charge < -0.3 is 15.2 Å². The van der Waals surface area contributed by atoms with Crippen molar-refractivity contribution in [2.45, 2.75) is 45.4 Å². The number of esters is 1. The smallest absolute Gasteiger partial charge is 0.323 e. The van der Waals surface area contributed by atoms with Gasteiger partial charge in [0.15, 0.2) is 0 Å². The topological polar surface area (TPSA) is 61.5 Å². The van der Waals surface area contributed by atoms with Crippen molar-refractivity contribution in [2.75, 3.05) is 0 Å². The molecule has 0 saturated heterocycles. The molecule has 0 heterocycles. The third-order valence-corrected chi connectivity index (χ3v) is 3.31. The van der Waals surface area contributed by atoms with Crippen molar-refractivity contribution in [3.05, 3.63) is 65.7 Å². The van der Waals surface area contributed by atoms with Crippen molar-refractivity contribution >= 4 is 5.97 Å². The summed E-state index contributed by atoms with van der Waals surface area (Å²) in [6, 6.07) is 16.9. The molecule has 0 radical (unpaired) electrons. The van der Waals surface area contributed by atoms with E-state index in [0.29, 0.717) is 13.0 Å². The SMILES string of the molecule is CC(C)(C)OC(=O)C(N)Cc1cccc(OCc2ccccc2)c1. The second-order valence-electron chi connectivity index (χ2n) is 6.77. The largest absolute Gasteiger partial charge is 0.489 e. The molecule has 24 heavy (non-hydrogen) atoms. The zero-order valence-corrected chi connectivity index (χ0v) is 14.5. The van der Waals surface area contributed by atoms with Gasteiger partial charge in [-0.25, -0.2) is 0 Å². The van der Waals surface area contributed by atoms with Gasteiger partial charge in [-0.05, 0) is 50.5 Å². The Morgan fingerprint density at radius 3 is 2.38 bits per heavy atom. The average Bonchev–Trinajstić information content (AvgIpc) is 2.53. The van der Waals surface area contributed by atoms with Gasteiger partial charge in [0.1, 0.15) is 24.0 Å². The molecule has 0 fully saturated rings. The Kier molecular flexibility index (Phi) is 5.99. The Morgan fingerprint density at radius 1 is 1.04 bits per heavy atom. The molecule has 4 heteroatoms. The van der Waals surface area contributed by atoms with E-state index >= 15 is 0 Å². The summed E-state index contributed by atoms with van der Waals surface area (Å²) in [5, 5.41) is 0. The van der Waals surface area contributed by atoms with E-state index in [-0.39, 0.29) is 0 Å². The minimum Gasteiger partial charge on any atom is -0.489 e. The van der Waals surface area contributed by atoms with E-state index in [9.17, 15) is 4.79 Å². The van der Waals surface area contributed by atoms with Crippen LogP contribution < -0.4 is 10.5 Å². The van der Waals surface area contributed by atoms with Gasteiger partial charge in [-0.15, -0.1) is 0 Å². The summed E-state index contributed by atoms with van der Waals surface area (Å²) in [5.41, 5.74) is 7.47. The number of benzene rings is 2. The lowest BCUT2D eigenvalue weighted by molar-refractivity contribution is -0.156. The summed E-state index contributed by atoms with van der Waals surface area (Å²) >= 11 is 0. The Hall–Kier alpha value is -2.33. The summed E-state index contributed by atoms with van der Waals surface area (Å²) in [6.07, 6.45) is 0.414. The number of carbonyl (C=O) groups excluding carboxylic acids is 1. The van der Waals surface area contributed by atoms with Crippen LogP contribution in [0.4, 0.5) is 0 Å². The van der Waals surface area contributed by atoms with Gasteiger partial charge in [-0.2, -0.15) is 0 Å². The van der Waals surface area contributed by atoms with Gasteiger partial charge in [-0.1, -0.05) is 42.5 Å². The van der Waals surface area contributed by atoms with Crippen LogP contribution in [-0.4, -0.2) is 17.6 Å². The standard InChI is InChI=1S/C20H25NO3/c1-20(2,3)24-19(22)18(21)13-16-10-7-11-17(12-16)23-14-15-8-5-4-6-9-15/h4-12,18H,13-14,21H2,1-3H3. The molecular formula is C20H25NO3. The number of hydrogen-bond acceptors (Lipinski definition) is 4. The number of carbonyl (C=O) groups is 1. The van der Waals surface area contributed by atoms with E-state index in [2.05, 4.69) is 0 Å². The van der Waals surface area contributed by atoms with Gasteiger partial charge in [-0.3, -0.25) is 4.79 Å². The molecule has 2 N–H and O–H groups in total. The van der Waals surface area contributed by atoms with E-state index in [0.717, 1.165) is 16.9 Å². The maximum atomic E-state index is 12.0. The Labute approximate surface area is 143 Å². The zero-order valence-electron chi connectivity index (χ0n) is 14.5. The first kappa shape index (κ1) is 18.0. The first-order valence-electron chi connectivity index (χ1n) is 8.07. The molecule has 0 amide bonds. The highest BCUT2D eigenvalue weighted by Crippen LogP contribution is 2.17. The van der Waals surface area contributed by atoms with Gasteiger partial charge in [0.05, 0.1) is 0 Å². The van der Waals surface area contributed by atoms with Crippen LogP contribution in [0.2, 0.25) is 0 Å². The molecule has 2 aromatic rings. The number of nitrogens with two attached hydrogens (primary N) is 1. The fraction of sp³-hybridized carbons (Fsp3) is 0.350. The van der Waals surface area contributed by atoms with Crippen molar-refractivity contribution in [1.29, 1.82) is 0 Å². The van der Waals surface area contributed by atoms with Crippen molar-refractivity contribution in [3.63, 3.8) is 0 Å². The van der Waals surface area contributed by atoms with Crippen LogP contribution in [0, 0.1) is 0 Å². The van der Waals surface area contributed by atoms with Crippen LogP contribution in [0.5, 0.6) is 5.75 Å². The lowest BCUT2D eigenvalue weighted by atomic mass is 10.1. The summed E-state index contributed by atoms with van der Waals surface area (Å²) in [5.74, 6) is 0.367. The lowest BCUT2D eigenvalue weighted by Gasteiger charge is -2.22. The van der Waals surface area contributed by atoms with Crippen LogP contribution in [0.1, 0.15) is 31.9 Å². The highest BCUT2D eigenvalue weighted by atomic mass is 16.6. The minimum atomic E-state index is -0.686. The highest BCUT2D eigenvalue weighted by molar-refractivity contribution is 5.76. The Morgan fingerprint density at radius 2 is 1.71 bits per heavy atom.